The van der Waals surface area contributed by atoms with Gasteiger partial charge in [-0.15, -0.1) is 0 Å². The molecule has 1 atom stereocenters. The molecule has 25 heavy (non-hydrogen) atoms. The molecular formula is C18H22N4O3. The van der Waals surface area contributed by atoms with Crippen LogP contribution in [0.2, 0.25) is 0 Å². The molecule has 1 aromatic carbocycles. The minimum atomic E-state index is -0.527. The first-order valence-electron chi connectivity index (χ1n) is 8.52. The molecule has 0 unspecified atom stereocenters. The van der Waals surface area contributed by atoms with Gasteiger partial charge >= 0.3 is 0 Å². The zero-order valence-electron chi connectivity index (χ0n) is 14.5. The van der Waals surface area contributed by atoms with Crippen LogP contribution in [0, 0.1) is 0 Å². The highest BCUT2D eigenvalue weighted by atomic mass is 16.5. The number of carbonyl (C=O) groups is 2. The zero-order chi connectivity index (χ0) is 17.8. The van der Waals surface area contributed by atoms with Gasteiger partial charge in [-0.05, 0) is 18.9 Å². The fraction of sp³-hybridized carbons (Fsp3) is 0.444. The highest BCUT2D eigenvalue weighted by molar-refractivity contribution is 5.94. The molecule has 0 spiro atoms. The SMILES string of the molecule is CCc1nc(CN2C(=O)CN(CCc3ccccc3)C(=O)[C@H]2C)no1. The monoisotopic (exact) mass is 342 g/mol. The second kappa shape index (κ2) is 7.46. The molecule has 0 bridgehead atoms. The quantitative estimate of drug-likeness (QED) is 0.793. The topological polar surface area (TPSA) is 79.5 Å². The Kier molecular flexibility index (Phi) is 5.11. The lowest BCUT2D eigenvalue weighted by Crippen LogP contribution is -2.58. The van der Waals surface area contributed by atoms with E-state index in [9.17, 15) is 9.59 Å². The summed E-state index contributed by atoms with van der Waals surface area (Å²) in [6.45, 7) is 4.49. The number of piperazine rings is 1. The Morgan fingerprint density at radius 2 is 2.00 bits per heavy atom. The van der Waals surface area contributed by atoms with E-state index in [1.807, 2.05) is 37.3 Å². The van der Waals surface area contributed by atoms with Gasteiger partial charge in [0.05, 0.1) is 13.1 Å². The first-order chi connectivity index (χ1) is 12.1. The second-order valence-electron chi connectivity index (χ2n) is 6.15. The first kappa shape index (κ1) is 17.1. The van der Waals surface area contributed by atoms with Crippen LogP contribution >= 0.6 is 0 Å². The Balaban J connectivity index is 1.62. The normalized spacial score (nSPS) is 18.1. The van der Waals surface area contributed by atoms with Gasteiger partial charge in [0.15, 0.2) is 5.82 Å². The molecule has 0 radical (unpaired) electrons. The zero-order valence-corrected chi connectivity index (χ0v) is 14.5. The van der Waals surface area contributed by atoms with Gasteiger partial charge in [-0.25, -0.2) is 0 Å². The maximum absolute atomic E-state index is 12.6. The molecule has 1 aliphatic heterocycles. The summed E-state index contributed by atoms with van der Waals surface area (Å²) in [5.74, 6) is 0.822. The van der Waals surface area contributed by atoms with E-state index in [-0.39, 0.29) is 24.9 Å². The largest absolute Gasteiger partial charge is 0.339 e. The van der Waals surface area contributed by atoms with Gasteiger partial charge < -0.3 is 14.3 Å². The third-order valence-electron chi connectivity index (χ3n) is 4.42. The molecule has 1 aliphatic rings. The fourth-order valence-electron chi connectivity index (χ4n) is 2.92. The maximum atomic E-state index is 12.6. The van der Waals surface area contributed by atoms with Crippen LogP contribution < -0.4 is 0 Å². The first-order valence-corrected chi connectivity index (χ1v) is 8.52. The molecule has 0 aliphatic carbocycles. The predicted octanol–water partition coefficient (Wildman–Crippen LogP) is 1.43. The van der Waals surface area contributed by atoms with Gasteiger partial charge in [0.2, 0.25) is 17.7 Å². The molecule has 132 valence electrons. The molecule has 7 nitrogen and oxygen atoms in total. The van der Waals surface area contributed by atoms with Crippen molar-refractivity contribution < 1.29 is 14.1 Å². The number of rotatable bonds is 6. The average Bonchev–Trinajstić information content (AvgIpc) is 3.09. The number of aryl methyl sites for hydroxylation is 1. The summed E-state index contributed by atoms with van der Waals surface area (Å²) in [4.78, 5) is 32.5. The number of nitrogens with zero attached hydrogens (tertiary/aromatic N) is 4. The van der Waals surface area contributed by atoms with Crippen LogP contribution in [0.15, 0.2) is 34.9 Å². The van der Waals surface area contributed by atoms with Crippen molar-refractivity contribution in [2.24, 2.45) is 0 Å². The summed E-state index contributed by atoms with van der Waals surface area (Å²) in [6.07, 6.45) is 1.37. The van der Waals surface area contributed by atoms with E-state index in [2.05, 4.69) is 10.1 Å². The Bertz CT molecular complexity index is 744. The lowest BCUT2D eigenvalue weighted by atomic mass is 10.1. The van der Waals surface area contributed by atoms with Gasteiger partial charge in [0.25, 0.3) is 0 Å². The molecule has 1 fully saturated rings. The average molecular weight is 342 g/mol. The molecule has 3 rings (SSSR count). The second-order valence-corrected chi connectivity index (χ2v) is 6.15. The highest BCUT2D eigenvalue weighted by Crippen LogP contribution is 2.16. The van der Waals surface area contributed by atoms with Crippen LogP contribution in [-0.2, 0) is 29.0 Å². The molecule has 2 amide bonds. The van der Waals surface area contributed by atoms with Crippen molar-refractivity contribution >= 4 is 11.8 Å². The summed E-state index contributed by atoms with van der Waals surface area (Å²) < 4.78 is 5.07. The molecule has 2 heterocycles. The van der Waals surface area contributed by atoms with Gasteiger partial charge in [0.1, 0.15) is 6.04 Å². The number of aromatic nitrogens is 2. The van der Waals surface area contributed by atoms with Crippen LogP contribution in [0.5, 0.6) is 0 Å². The van der Waals surface area contributed by atoms with Crippen molar-refractivity contribution in [2.75, 3.05) is 13.1 Å². The van der Waals surface area contributed by atoms with E-state index in [1.165, 1.54) is 4.90 Å². The fourth-order valence-corrected chi connectivity index (χ4v) is 2.92. The summed E-state index contributed by atoms with van der Waals surface area (Å²) in [6, 6.07) is 9.42. The van der Waals surface area contributed by atoms with Crippen molar-refractivity contribution in [3.63, 3.8) is 0 Å². The van der Waals surface area contributed by atoms with Gasteiger partial charge in [-0.3, -0.25) is 9.59 Å². The van der Waals surface area contributed by atoms with E-state index in [0.29, 0.717) is 24.7 Å². The molecule has 0 saturated carbocycles. The Morgan fingerprint density at radius 3 is 2.68 bits per heavy atom. The van der Waals surface area contributed by atoms with E-state index in [1.54, 1.807) is 11.8 Å². The standard InChI is InChI=1S/C18H22N4O3/c1-3-16-19-15(20-25-16)11-22-13(2)18(24)21(12-17(22)23)10-9-14-7-5-4-6-8-14/h4-8,13H,3,9-12H2,1-2H3/t13-/m1/s1. The molecular weight excluding hydrogens is 320 g/mol. The van der Waals surface area contributed by atoms with E-state index >= 15 is 0 Å². The lowest BCUT2D eigenvalue weighted by molar-refractivity contribution is -0.155. The smallest absolute Gasteiger partial charge is 0.245 e. The third kappa shape index (κ3) is 3.87. The molecule has 0 N–H and O–H groups in total. The minimum absolute atomic E-state index is 0.0465. The number of hydrogen-bond acceptors (Lipinski definition) is 5. The molecule has 7 heteroatoms. The third-order valence-corrected chi connectivity index (χ3v) is 4.42. The maximum Gasteiger partial charge on any atom is 0.245 e. The molecule has 1 saturated heterocycles. The van der Waals surface area contributed by atoms with Crippen LogP contribution in [0.4, 0.5) is 0 Å². The minimum Gasteiger partial charge on any atom is -0.339 e. The summed E-state index contributed by atoms with van der Waals surface area (Å²) >= 11 is 0. The van der Waals surface area contributed by atoms with Crippen molar-refractivity contribution in [2.45, 2.75) is 39.3 Å². The van der Waals surface area contributed by atoms with Crippen LogP contribution in [0.3, 0.4) is 0 Å². The Hall–Kier alpha value is -2.70. The number of amides is 2. The Labute approximate surface area is 146 Å². The summed E-state index contributed by atoms with van der Waals surface area (Å²) in [5.41, 5.74) is 1.15. The van der Waals surface area contributed by atoms with Crippen LogP contribution in [-0.4, -0.2) is 50.9 Å². The highest BCUT2D eigenvalue weighted by Gasteiger charge is 2.36. The number of benzene rings is 1. The van der Waals surface area contributed by atoms with Crippen molar-refractivity contribution in [3.8, 4) is 0 Å². The molecule has 1 aromatic heterocycles. The van der Waals surface area contributed by atoms with E-state index < -0.39 is 6.04 Å². The van der Waals surface area contributed by atoms with Gasteiger partial charge in [-0.2, -0.15) is 4.98 Å². The van der Waals surface area contributed by atoms with E-state index in [0.717, 1.165) is 12.0 Å². The lowest BCUT2D eigenvalue weighted by Gasteiger charge is -2.38. The van der Waals surface area contributed by atoms with Crippen LogP contribution in [0.25, 0.3) is 0 Å². The van der Waals surface area contributed by atoms with Gasteiger partial charge in [0, 0.05) is 13.0 Å². The number of carbonyl (C=O) groups excluding carboxylic acids is 2. The Morgan fingerprint density at radius 1 is 1.24 bits per heavy atom. The van der Waals surface area contributed by atoms with Crippen molar-refractivity contribution in [1.82, 2.24) is 19.9 Å². The van der Waals surface area contributed by atoms with Crippen molar-refractivity contribution in [1.29, 1.82) is 0 Å². The van der Waals surface area contributed by atoms with Crippen molar-refractivity contribution in [3.05, 3.63) is 47.6 Å². The summed E-state index contributed by atoms with van der Waals surface area (Å²) in [5, 5.41) is 3.87. The predicted molar refractivity (Wildman–Crippen MR) is 90.4 cm³/mol. The molecule has 2 aromatic rings. The summed E-state index contributed by atoms with van der Waals surface area (Å²) in [7, 11) is 0. The van der Waals surface area contributed by atoms with E-state index in [4.69, 9.17) is 4.52 Å². The van der Waals surface area contributed by atoms with Gasteiger partial charge in [-0.1, -0.05) is 42.4 Å². The van der Waals surface area contributed by atoms with Crippen LogP contribution in [0.1, 0.15) is 31.1 Å². The number of hydrogen-bond donors (Lipinski definition) is 0.